The van der Waals surface area contributed by atoms with Gasteiger partial charge in [-0.05, 0) is 49.7 Å². The number of benzene rings is 1. The molecule has 1 aliphatic rings. The van der Waals surface area contributed by atoms with Gasteiger partial charge in [-0.25, -0.2) is 0 Å². The van der Waals surface area contributed by atoms with Gasteiger partial charge in [-0.1, -0.05) is 70.6 Å². The number of rotatable bonds is 5. The molecule has 1 amide bonds. The van der Waals surface area contributed by atoms with Crippen molar-refractivity contribution >= 4 is 11.6 Å². The van der Waals surface area contributed by atoms with Crippen LogP contribution >= 0.6 is 0 Å². The molecule has 0 bridgehead atoms. The Bertz CT molecular complexity index is 517. The number of amides is 1. The standard InChI is InChI=1S/C22H35NO/c1-5-10-19-13-7-8-14-20(15-18(19)6-2)22(24)23-21-16(3)11-9-12-17(21)4/h9,11-12,18-20H,5-8,10,13-15H2,1-4H3,(H,23,24). The summed E-state index contributed by atoms with van der Waals surface area (Å²) in [5.41, 5.74) is 3.33. The van der Waals surface area contributed by atoms with E-state index in [1.54, 1.807) is 0 Å². The molecule has 0 heterocycles. The second kappa shape index (κ2) is 9.25. The van der Waals surface area contributed by atoms with Crippen LogP contribution in [0.5, 0.6) is 0 Å². The summed E-state index contributed by atoms with van der Waals surface area (Å²) < 4.78 is 0. The second-order valence-electron chi connectivity index (χ2n) is 7.69. The fourth-order valence-electron chi connectivity index (χ4n) is 4.43. The van der Waals surface area contributed by atoms with Crippen molar-refractivity contribution in [3.05, 3.63) is 29.3 Å². The molecule has 1 N–H and O–H groups in total. The highest BCUT2D eigenvalue weighted by molar-refractivity contribution is 5.94. The number of carbonyl (C=O) groups excluding carboxylic acids is 1. The number of para-hydroxylation sites is 1. The fraction of sp³-hybridized carbons (Fsp3) is 0.682. The van der Waals surface area contributed by atoms with Gasteiger partial charge in [-0.3, -0.25) is 4.79 Å². The lowest BCUT2D eigenvalue weighted by Gasteiger charge is -2.32. The largest absolute Gasteiger partial charge is 0.325 e. The molecule has 3 unspecified atom stereocenters. The molecule has 0 radical (unpaired) electrons. The highest BCUT2D eigenvalue weighted by Crippen LogP contribution is 2.36. The highest BCUT2D eigenvalue weighted by atomic mass is 16.1. The van der Waals surface area contributed by atoms with E-state index >= 15 is 0 Å². The van der Waals surface area contributed by atoms with Crippen molar-refractivity contribution in [1.82, 2.24) is 0 Å². The van der Waals surface area contributed by atoms with E-state index in [2.05, 4.69) is 51.2 Å². The number of nitrogens with one attached hydrogen (secondary N) is 1. The molecule has 1 aromatic rings. The van der Waals surface area contributed by atoms with E-state index in [-0.39, 0.29) is 11.8 Å². The Morgan fingerprint density at radius 3 is 2.38 bits per heavy atom. The van der Waals surface area contributed by atoms with Crippen molar-refractivity contribution in [1.29, 1.82) is 0 Å². The summed E-state index contributed by atoms with van der Waals surface area (Å²) in [6.45, 7) is 8.74. The van der Waals surface area contributed by atoms with Gasteiger partial charge in [0.2, 0.25) is 5.91 Å². The van der Waals surface area contributed by atoms with E-state index in [4.69, 9.17) is 0 Å². The molecule has 1 saturated carbocycles. The predicted molar refractivity (Wildman–Crippen MR) is 103 cm³/mol. The van der Waals surface area contributed by atoms with Crippen molar-refractivity contribution in [2.24, 2.45) is 17.8 Å². The molecule has 0 aromatic heterocycles. The first-order valence-corrected chi connectivity index (χ1v) is 9.93. The van der Waals surface area contributed by atoms with Gasteiger partial charge in [-0.15, -0.1) is 0 Å². The Hall–Kier alpha value is -1.31. The maximum atomic E-state index is 13.0. The third kappa shape index (κ3) is 4.84. The number of carbonyl (C=O) groups is 1. The quantitative estimate of drug-likeness (QED) is 0.678. The van der Waals surface area contributed by atoms with Crippen LogP contribution in [0.3, 0.4) is 0 Å². The first kappa shape index (κ1) is 19.0. The zero-order chi connectivity index (χ0) is 17.5. The van der Waals surface area contributed by atoms with Crippen LogP contribution in [0.1, 0.15) is 76.3 Å². The number of aryl methyl sites for hydroxylation is 2. The molecule has 2 heteroatoms. The van der Waals surface area contributed by atoms with Crippen LogP contribution in [0.2, 0.25) is 0 Å². The Morgan fingerprint density at radius 2 is 1.75 bits per heavy atom. The Kier molecular flexibility index (Phi) is 7.33. The van der Waals surface area contributed by atoms with Crippen LogP contribution in [-0.4, -0.2) is 5.91 Å². The van der Waals surface area contributed by atoms with Crippen LogP contribution < -0.4 is 5.32 Å². The van der Waals surface area contributed by atoms with Crippen LogP contribution in [0.4, 0.5) is 5.69 Å². The van der Waals surface area contributed by atoms with Crippen molar-refractivity contribution in [3.63, 3.8) is 0 Å². The maximum Gasteiger partial charge on any atom is 0.227 e. The molecule has 1 aromatic carbocycles. The number of anilines is 1. The van der Waals surface area contributed by atoms with Crippen molar-refractivity contribution in [2.45, 2.75) is 79.1 Å². The minimum absolute atomic E-state index is 0.175. The average Bonchev–Trinajstić information content (AvgIpc) is 2.54. The molecule has 2 rings (SSSR count). The van der Waals surface area contributed by atoms with E-state index in [0.29, 0.717) is 5.92 Å². The van der Waals surface area contributed by atoms with E-state index in [9.17, 15) is 4.79 Å². The van der Waals surface area contributed by atoms with Gasteiger partial charge in [-0.2, -0.15) is 0 Å². The van der Waals surface area contributed by atoms with Gasteiger partial charge in [0.1, 0.15) is 0 Å². The summed E-state index contributed by atoms with van der Waals surface area (Å²) in [4.78, 5) is 13.0. The molecular formula is C22H35NO. The van der Waals surface area contributed by atoms with Gasteiger partial charge < -0.3 is 5.32 Å². The SMILES string of the molecule is CCCC1CCCCC(C(=O)Nc2c(C)cccc2C)CC1CC. The summed E-state index contributed by atoms with van der Waals surface area (Å²) in [5.74, 6) is 1.94. The fourth-order valence-corrected chi connectivity index (χ4v) is 4.43. The normalized spacial score (nSPS) is 24.9. The summed E-state index contributed by atoms with van der Waals surface area (Å²) in [5, 5.41) is 3.25. The van der Waals surface area contributed by atoms with E-state index in [1.165, 1.54) is 38.5 Å². The van der Waals surface area contributed by atoms with E-state index in [0.717, 1.165) is 35.6 Å². The molecule has 1 aliphatic carbocycles. The van der Waals surface area contributed by atoms with Crippen molar-refractivity contribution < 1.29 is 4.79 Å². The van der Waals surface area contributed by atoms with Gasteiger partial charge in [0, 0.05) is 11.6 Å². The van der Waals surface area contributed by atoms with Gasteiger partial charge >= 0.3 is 0 Å². The maximum absolute atomic E-state index is 13.0. The average molecular weight is 330 g/mol. The topological polar surface area (TPSA) is 29.1 Å². The third-order valence-electron chi connectivity index (χ3n) is 5.92. The second-order valence-corrected chi connectivity index (χ2v) is 7.69. The number of hydrogen-bond donors (Lipinski definition) is 1. The Morgan fingerprint density at radius 1 is 1.08 bits per heavy atom. The third-order valence-corrected chi connectivity index (χ3v) is 5.92. The summed E-state index contributed by atoms with van der Waals surface area (Å²) in [6, 6.07) is 6.21. The Labute approximate surface area is 148 Å². The van der Waals surface area contributed by atoms with E-state index < -0.39 is 0 Å². The molecule has 1 fully saturated rings. The summed E-state index contributed by atoms with van der Waals surface area (Å²) >= 11 is 0. The molecule has 3 atom stereocenters. The lowest BCUT2D eigenvalue weighted by molar-refractivity contribution is -0.121. The van der Waals surface area contributed by atoms with Gasteiger partial charge in [0.05, 0.1) is 0 Å². The lowest BCUT2D eigenvalue weighted by atomic mass is 9.74. The van der Waals surface area contributed by atoms with E-state index in [1.807, 2.05) is 0 Å². The van der Waals surface area contributed by atoms with Crippen LogP contribution in [0, 0.1) is 31.6 Å². The Balaban J connectivity index is 2.09. The van der Waals surface area contributed by atoms with Gasteiger partial charge in [0.15, 0.2) is 0 Å². The smallest absolute Gasteiger partial charge is 0.227 e. The summed E-state index contributed by atoms with van der Waals surface area (Å²) in [6.07, 6.45) is 9.75. The highest BCUT2D eigenvalue weighted by Gasteiger charge is 2.29. The predicted octanol–water partition coefficient (Wildman–Crippen LogP) is 6.26. The van der Waals surface area contributed by atoms with Crippen LogP contribution in [-0.2, 0) is 4.79 Å². The molecule has 134 valence electrons. The van der Waals surface area contributed by atoms with Crippen molar-refractivity contribution in [2.75, 3.05) is 5.32 Å². The molecule has 24 heavy (non-hydrogen) atoms. The van der Waals surface area contributed by atoms with Crippen LogP contribution in [0.25, 0.3) is 0 Å². The first-order valence-electron chi connectivity index (χ1n) is 9.93. The molecule has 2 nitrogen and oxygen atoms in total. The van der Waals surface area contributed by atoms with Crippen molar-refractivity contribution in [3.8, 4) is 0 Å². The lowest BCUT2D eigenvalue weighted by Crippen LogP contribution is -2.29. The minimum Gasteiger partial charge on any atom is -0.325 e. The van der Waals surface area contributed by atoms with Crippen LogP contribution in [0.15, 0.2) is 18.2 Å². The molecule has 0 spiro atoms. The molecular weight excluding hydrogens is 294 g/mol. The minimum atomic E-state index is 0.175. The number of hydrogen-bond acceptors (Lipinski definition) is 1. The summed E-state index contributed by atoms with van der Waals surface area (Å²) in [7, 11) is 0. The first-order chi connectivity index (χ1) is 11.6. The zero-order valence-corrected chi connectivity index (χ0v) is 16.0. The molecule has 0 saturated heterocycles. The zero-order valence-electron chi connectivity index (χ0n) is 16.0. The molecule has 0 aliphatic heterocycles. The van der Waals surface area contributed by atoms with Gasteiger partial charge in [0.25, 0.3) is 0 Å². The monoisotopic (exact) mass is 329 g/mol.